The molecule has 1 atom stereocenters. The number of nitrogens with one attached hydrogen (secondary N) is 1. The minimum atomic E-state index is -0.376. The van der Waals surface area contributed by atoms with Gasteiger partial charge in [0.2, 0.25) is 0 Å². The van der Waals surface area contributed by atoms with Crippen molar-refractivity contribution < 1.29 is 9.21 Å². The zero-order chi connectivity index (χ0) is 14.7. The lowest BCUT2D eigenvalue weighted by molar-refractivity contribution is 0.0915. The van der Waals surface area contributed by atoms with Crippen LogP contribution >= 0.6 is 0 Å². The van der Waals surface area contributed by atoms with E-state index in [1.807, 2.05) is 13.0 Å². The van der Waals surface area contributed by atoms with Gasteiger partial charge in [0.05, 0.1) is 6.54 Å². The minimum absolute atomic E-state index is 0.309. The molecule has 0 saturated carbocycles. The highest BCUT2D eigenvalue weighted by Gasteiger charge is 2.23. The standard InChI is InChI=1S/C14H24N4O2/c1-10-7-12(20-13(10)14(19)16-15)9-18-6-4-5-11(8-18)17(2)3/h7,11H,4-6,8-9,15H2,1-3H3,(H,16,19). The van der Waals surface area contributed by atoms with Gasteiger partial charge in [-0.3, -0.25) is 15.1 Å². The topological polar surface area (TPSA) is 74.7 Å². The fourth-order valence-electron chi connectivity index (χ4n) is 2.73. The van der Waals surface area contributed by atoms with Gasteiger partial charge in [0.25, 0.3) is 0 Å². The van der Waals surface area contributed by atoms with Crippen molar-refractivity contribution in [3.05, 3.63) is 23.2 Å². The Morgan fingerprint density at radius 1 is 1.60 bits per heavy atom. The zero-order valence-corrected chi connectivity index (χ0v) is 12.5. The van der Waals surface area contributed by atoms with Crippen LogP contribution in [-0.2, 0) is 6.54 Å². The number of aryl methyl sites for hydroxylation is 1. The maximum absolute atomic E-state index is 11.5. The molecule has 0 bridgehead atoms. The third-order valence-corrected chi connectivity index (χ3v) is 3.90. The third-order valence-electron chi connectivity index (χ3n) is 3.90. The molecular formula is C14H24N4O2. The van der Waals surface area contributed by atoms with Gasteiger partial charge < -0.3 is 9.32 Å². The van der Waals surface area contributed by atoms with Crippen molar-refractivity contribution in [1.29, 1.82) is 0 Å². The lowest BCUT2D eigenvalue weighted by Crippen LogP contribution is -2.44. The summed E-state index contributed by atoms with van der Waals surface area (Å²) in [4.78, 5) is 16.2. The Bertz CT molecular complexity index is 470. The van der Waals surface area contributed by atoms with Crippen molar-refractivity contribution in [3.8, 4) is 0 Å². The van der Waals surface area contributed by atoms with Crippen LogP contribution < -0.4 is 11.3 Å². The lowest BCUT2D eigenvalue weighted by Gasteiger charge is -2.35. The molecule has 1 unspecified atom stereocenters. The number of nitrogen functional groups attached to an aromatic ring is 1. The molecule has 1 aromatic heterocycles. The summed E-state index contributed by atoms with van der Waals surface area (Å²) in [5, 5.41) is 0. The van der Waals surface area contributed by atoms with Crippen molar-refractivity contribution in [2.24, 2.45) is 5.84 Å². The second-order valence-corrected chi connectivity index (χ2v) is 5.69. The average molecular weight is 280 g/mol. The number of hydrazine groups is 1. The predicted octanol–water partition coefficient (Wildman–Crippen LogP) is 0.718. The molecule has 6 heteroatoms. The number of rotatable bonds is 4. The molecule has 112 valence electrons. The van der Waals surface area contributed by atoms with E-state index in [4.69, 9.17) is 10.3 Å². The Balaban J connectivity index is 2.01. The third kappa shape index (κ3) is 3.39. The van der Waals surface area contributed by atoms with Gasteiger partial charge in [0.15, 0.2) is 5.76 Å². The number of hydrogen-bond donors (Lipinski definition) is 2. The number of amides is 1. The summed E-state index contributed by atoms with van der Waals surface area (Å²) < 4.78 is 5.62. The molecule has 0 radical (unpaired) electrons. The number of piperidine rings is 1. The lowest BCUT2D eigenvalue weighted by atomic mass is 10.0. The summed E-state index contributed by atoms with van der Waals surface area (Å²) in [5.74, 6) is 5.90. The summed E-state index contributed by atoms with van der Waals surface area (Å²) in [5.41, 5.74) is 2.93. The molecule has 1 aliphatic rings. The van der Waals surface area contributed by atoms with Crippen LogP contribution in [0.1, 0.15) is 34.7 Å². The Labute approximate surface area is 119 Å². The van der Waals surface area contributed by atoms with Crippen LogP contribution in [0.3, 0.4) is 0 Å². The summed E-state index contributed by atoms with van der Waals surface area (Å²) >= 11 is 0. The highest BCUT2D eigenvalue weighted by molar-refractivity contribution is 5.92. The first-order chi connectivity index (χ1) is 9.51. The maximum atomic E-state index is 11.5. The molecule has 0 spiro atoms. The van der Waals surface area contributed by atoms with E-state index < -0.39 is 0 Å². The molecule has 1 fully saturated rings. The fraction of sp³-hybridized carbons (Fsp3) is 0.643. The highest BCUT2D eigenvalue weighted by Crippen LogP contribution is 2.20. The van der Waals surface area contributed by atoms with Gasteiger partial charge >= 0.3 is 5.91 Å². The largest absolute Gasteiger partial charge is 0.454 e. The number of carbonyl (C=O) groups is 1. The fourth-order valence-corrected chi connectivity index (χ4v) is 2.73. The number of nitrogens with two attached hydrogens (primary N) is 1. The predicted molar refractivity (Wildman–Crippen MR) is 77.1 cm³/mol. The van der Waals surface area contributed by atoms with E-state index in [9.17, 15) is 4.79 Å². The molecule has 0 aliphatic carbocycles. The van der Waals surface area contributed by atoms with Crippen LogP contribution in [0, 0.1) is 6.92 Å². The Morgan fingerprint density at radius 3 is 3.00 bits per heavy atom. The van der Waals surface area contributed by atoms with E-state index in [0.717, 1.165) is 31.0 Å². The quantitative estimate of drug-likeness (QED) is 0.483. The first kappa shape index (κ1) is 15.0. The number of likely N-dealkylation sites (tertiary alicyclic amines) is 1. The highest BCUT2D eigenvalue weighted by atomic mass is 16.4. The SMILES string of the molecule is Cc1cc(CN2CCCC(N(C)C)C2)oc1C(=O)NN. The van der Waals surface area contributed by atoms with Gasteiger partial charge in [-0.2, -0.15) is 0 Å². The summed E-state index contributed by atoms with van der Waals surface area (Å²) in [6.07, 6.45) is 2.43. The van der Waals surface area contributed by atoms with E-state index in [2.05, 4.69) is 29.3 Å². The van der Waals surface area contributed by atoms with Gasteiger partial charge in [-0.15, -0.1) is 0 Å². The number of carbonyl (C=O) groups excluding carboxylic acids is 1. The Kier molecular flexibility index (Phi) is 4.80. The van der Waals surface area contributed by atoms with Crippen LogP contribution in [0.4, 0.5) is 0 Å². The van der Waals surface area contributed by atoms with Crippen molar-refractivity contribution in [3.63, 3.8) is 0 Å². The van der Waals surface area contributed by atoms with Crippen molar-refractivity contribution in [2.45, 2.75) is 32.4 Å². The number of nitrogens with zero attached hydrogens (tertiary/aromatic N) is 2. The molecule has 3 N–H and O–H groups in total. The first-order valence-corrected chi connectivity index (χ1v) is 7.00. The molecule has 1 aromatic rings. The first-order valence-electron chi connectivity index (χ1n) is 7.00. The van der Waals surface area contributed by atoms with Crippen LogP contribution in [0.5, 0.6) is 0 Å². The van der Waals surface area contributed by atoms with E-state index >= 15 is 0 Å². The minimum Gasteiger partial charge on any atom is -0.454 e. The summed E-state index contributed by atoms with van der Waals surface area (Å²) in [6, 6.07) is 2.51. The smallest absolute Gasteiger partial charge is 0.301 e. The molecular weight excluding hydrogens is 256 g/mol. The maximum Gasteiger partial charge on any atom is 0.301 e. The molecule has 0 aromatic carbocycles. The summed E-state index contributed by atoms with van der Waals surface area (Å²) in [7, 11) is 4.24. The van der Waals surface area contributed by atoms with Crippen LogP contribution in [0.2, 0.25) is 0 Å². The van der Waals surface area contributed by atoms with E-state index in [1.165, 1.54) is 12.8 Å². The number of furan rings is 1. The van der Waals surface area contributed by atoms with Crippen molar-refractivity contribution >= 4 is 5.91 Å². The van der Waals surface area contributed by atoms with Crippen LogP contribution in [-0.4, -0.2) is 48.9 Å². The van der Waals surface area contributed by atoms with Crippen LogP contribution in [0.15, 0.2) is 10.5 Å². The second-order valence-electron chi connectivity index (χ2n) is 5.69. The Hall–Kier alpha value is -1.37. The normalized spacial score (nSPS) is 20.4. The van der Waals surface area contributed by atoms with Gasteiger partial charge in [0.1, 0.15) is 5.76 Å². The zero-order valence-electron chi connectivity index (χ0n) is 12.5. The van der Waals surface area contributed by atoms with E-state index in [1.54, 1.807) is 0 Å². The summed E-state index contributed by atoms with van der Waals surface area (Å²) in [6.45, 7) is 4.70. The van der Waals surface area contributed by atoms with Crippen LogP contribution in [0.25, 0.3) is 0 Å². The van der Waals surface area contributed by atoms with Crippen molar-refractivity contribution in [1.82, 2.24) is 15.2 Å². The molecule has 1 aliphatic heterocycles. The van der Waals surface area contributed by atoms with Gasteiger partial charge in [0, 0.05) is 18.2 Å². The van der Waals surface area contributed by atoms with E-state index in [0.29, 0.717) is 11.8 Å². The second kappa shape index (κ2) is 6.39. The number of hydrogen-bond acceptors (Lipinski definition) is 5. The molecule has 20 heavy (non-hydrogen) atoms. The molecule has 6 nitrogen and oxygen atoms in total. The molecule has 2 rings (SSSR count). The van der Waals surface area contributed by atoms with Gasteiger partial charge in [-0.05, 0) is 46.5 Å². The average Bonchev–Trinajstić information content (AvgIpc) is 2.79. The van der Waals surface area contributed by atoms with Gasteiger partial charge in [-0.1, -0.05) is 0 Å². The van der Waals surface area contributed by atoms with Gasteiger partial charge in [-0.25, -0.2) is 5.84 Å². The Morgan fingerprint density at radius 2 is 2.35 bits per heavy atom. The van der Waals surface area contributed by atoms with E-state index in [-0.39, 0.29) is 5.91 Å². The molecule has 1 saturated heterocycles. The molecule has 2 heterocycles. The molecule has 1 amide bonds. The van der Waals surface area contributed by atoms with Crippen molar-refractivity contribution in [2.75, 3.05) is 27.2 Å². The number of likely N-dealkylation sites (N-methyl/N-ethyl adjacent to an activating group) is 1. The monoisotopic (exact) mass is 280 g/mol.